The van der Waals surface area contributed by atoms with Crippen LogP contribution in [0.4, 0.5) is 4.79 Å². The minimum Gasteiger partial charge on any atom is -0.479 e. The molecule has 4 N–H and O–H groups in total. The molecule has 0 aliphatic heterocycles. The third-order valence-corrected chi connectivity index (χ3v) is 1.70. The zero-order valence-corrected chi connectivity index (χ0v) is 8.56. The first kappa shape index (κ1) is 13.4. The van der Waals surface area contributed by atoms with Gasteiger partial charge in [-0.2, -0.15) is 0 Å². The Balaban J connectivity index is 3.63. The summed E-state index contributed by atoms with van der Waals surface area (Å²) < 4.78 is 0. The second kappa shape index (κ2) is 6.83. The number of rotatable bonds is 6. The van der Waals surface area contributed by atoms with E-state index in [0.717, 1.165) is 0 Å². The van der Waals surface area contributed by atoms with E-state index in [9.17, 15) is 9.59 Å². The summed E-state index contributed by atoms with van der Waals surface area (Å²) in [5, 5.41) is 22.2. The quantitative estimate of drug-likeness (QED) is 0.458. The molecule has 0 aromatic heterocycles. The van der Waals surface area contributed by atoms with Crippen LogP contribution in [0, 0.1) is 0 Å². The fourth-order valence-electron chi connectivity index (χ4n) is 0.763. The van der Waals surface area contributed by atoms with Crippen LogP contribution in [-0.4, -0.2) is 40.9 Å². The molecule has 0 rings (SSSR count). The van der Waals surface area contributed by atoms with Crippen molar-refractivity contribution >= 4 is 12.0 Å². The zero-order valence-electron chi connectivity index (χ0n) is 8.56. The van der Waals surface area contributed by atoms with Gasteiger partial charge in [-0.25, -0.2) is 9.59 Å². The largest absolute Gasteiger partial charge is 0.479 e. The van der Waals surface area contributed by atoms with Crippen molar-refractivity contribution < 1.29 is 19.8 Å². The average Bonchev–Trinajstić information content (AvgIpc) is 2.17. The second-order valence-electron chi connectivity index (χ2n) is 3.07. The predicted molar refractivity (Wildman–Crippen MR) is 54.5 cm³/mol. The third kappa shape index (κ3) is 6.50. The van der Waals surface area contributed by atoms with Crippen LogP contribution in [0.5, 0.6) is 0 Å². The van der Waals surface area contributed by atoms with Crippen molar-refractivity contribution in [3.8, 4) is 0 Å². The third-order valence-electron chi connectivity index (χ3n) is 1.70. The monoisotopic (exact) mass is 216 g/mol. The lowest BCUT2D eigenvalue weighted by Crippen LogP contribution is -2.41. The standard InChI is InChI=1S/C9H16N2O4/c1-3-6(2)11-9(15)10-5-4-7(12)8(13)14/h3,6-7,12H,1,4-5H2,2H3,(H,13,14)(H2,10,11,15)/t6?,7-/m0/s1. The number of hydrogen-bond acceptors (Lipinski definition) is 3. The molecule has 0 aliphatic rings. The number of carboxylic acid groups (broad SMARTS) is 1. The summed E-state index contributed by atoms with van der Waals surface area (Å²) in [6.45, 7) is 5.33. The van der Waals surface area contributed by atoms with Crippen molar-refractivity contribution in [2.24, 2.45) is 0 Å². The van der Waals surface area contributed by atoms with E-state index in [1.54, 1.807) is 13.0 Å². The number of urea groups is 1. The SMILES string of the molecule is C=CC(C)NC(=O)NCC[C@H](O)C(=O)O. The molecule has 2 atom stereocenters. The van der Waals surface area contributed by atoms with Gasteiger partial charge >= 0.3 is 12.0 Å². The molecule has 0 bridgehead atoms. The Hall–Kier alpha value is -1.56. The number of aliphatic carboxylic acids is 1. The molecule has 0 aliphatic carbocycles. The molecule has 0 saturated carbocycles. The Morgan fingerprint density at radius 2 is 2.13 bits per heavy atom. The summed E-state index contributed by atoms with van der Waals surface area (Å²) in [5.74, 6) is -1.29. The number of carbonyl (C=O) groups is 2. The molecule has 0 heterocycles. The molecular formula is C9H16N2O4. The lowest BCUT2D eigenvalue weighted by molar-refractivity contribution is -0.146. The highest BCUT2D eigenvalue weighted by atomic mass is 16.4. The van der Waals surface area contributed by atoms with Crippen LogP contribution >= 0.6 is 0 Å². The van der Waals surface area contributed by atoms with Crippen LogP contribution < -0.4 is 10.6 Å². The summed E-state index contributed by atoms with van der Waals surface area (Å²) in [7, 11) is 0. The predicted octanol–water partition coefficient (Wildman–Crippen LogP) is -0.304. The molecule has 0 fully saturated rings. The number of hydrogen-bond donors (Lipinski definition) is 4. The van der Waals surface area contributed by atoms with E-state index in [4.69, 9.17) is 10.2 Å². The van der Waals surface area contributed by atoms with Crippen molar-refractivity contribution in [1.29, 1.82) is 0 Å². The fourth-order valence-corrected chi connectivity index (χ4v) is 0.763. The molecule has 86 valence electrons. The van der Waals surface area contributed by atoms with Crippen LogP contribution in [-0.2, 0) is 4.79 Å². The fraction of sp³-hybridized carbons (Fsp3) is 0.556. The van der Waals surface area contributed by atoms with Crippen molar-refractivity contribution in [3.05, 3.63) is 12.7 Å². The van der Waals surface area contributed by atoms with Crippen LogP contribution in [0.3, 0.4) is 0 Å². The molecule has 0 spiro atoms. The lowest BCUT2D eigenvalue weighted by atomic mass is 10.2. The van der Waals surface area contributed by atoms with Gasteiger partial charge < -0.3 is 20.8 Å². The average molecular weight is 216 g/mol. The number of amides is 2. The Bertz CT molecular complexity index is 242. The summed E-state index contributed by atoms with van der Waals surface area (Å²) in [5.41, 5.74) is 0. The van der Waals surface area contributed by atoms with Gasteiger partial charge in [-0.1, -0.05) is 6.08 Å². The van der Waals surface area contributed by atoms with Crippen LogP contribution in [0.25, 0.3) is 0 Å². The molecular weight excluding hydrogens is 200 g/mol. The molecule has 0 aromatic rings. The van der Waals surface area contributed by atoms with E-state index in [1.807, 2.05) is 0 Å². The van der Waals surface area contributed by atoms with E-state index in [1.165, 1.54) is 0 Å². The summed E-state index contributed by atoms with van der Waals surface area (Å²) in [6.07, 6.45) is 0.0961. The summed E-state index contributed by atoms with van der Waals surface area (Å²) >= 11 is 0. The maximum absolute atomic E-state index is 11.1. The number of aliphatic hydroxyl groups is 1. The molecule has 1 unspecified atom stereocenters. The van der Waals surface area contributed by atoms with Crippen LogP contribution in [0.1, 0.15) is 13.3 Å². The van der Waals surface area contributed by atoms with Crippen molar-refractivity contribution in [2.45, 2.75) is 25.5 Å². The van der Waals surface area contributed by atoms with Crippen LogP contribution in [0.15, 0.2) is 12.7 Å². The second-order valence-corrected chi connectivity index (χ2v) is 3.07. The van der Waals surface area contributed by atoms with E-state index in [-0.39, 0.29) is 19.0 Å². The van der Waals surface area contributed by atoms with Gasteiger partial charge in [0, 0.05) is 19.0 Å². The Kier molecular flexibility index (Phi) is 6.12. The molecule has 6 heteroatoms. The maximum Gasteiger partial charge on any atom is 0.332 e. The van der Waals surface area contributed by atoms with Gasteiger partial charge in [0.15, 0.2) is 6.10 Å². The smallest absolute Gasteiger partial charge is 0.332 e. The van der Waals surface area contributed by atoms with Gasteiger partial charge in [0.25, 0.3) is 0 Å². The summed E-state index contributed by atoms with van der Waals surface area (Å²) in [6, 6.07) is -0.575. The Labute approximate surface area is 88.0 Å². The number of carbonyl (C=O) groups excluding carboxylic acids is 1. The van der Waals surface area contributed by atoms with Gasteiger partial charge in [-0.3, -0.25) is 0 Å². The highest BCUT2D eigenvalue weighted by Gasteiger charge is 2.12. The van der Waals surface area contributed by atoms with E-state index >= 15 is 0 Å². The van der Waals surface area contributed by atoms with Crippen molar-refractivity contribution in [2.75, 3.05) is 6.54 Å². The highest BCUT2D eigenvalue weighted by Crippen LogP contribution is 1.89. The van der Waals surface area contributed by atoms with E-state index in [2.05, 4.69) is 17.2 Å². The zero-order chi connectivity index (χ0) is 11.8. The van der Waals surface area contributed by atoms with E-state index < -0.39 is 18.1 Å². The first-order chi connectivity index (χ1) is 6.97. The molecule has 0 radical (unpaired) electrons. The minimum atomic E-state index is -1.44. The first-order valence-corrected chi connectivity index (χ1v) is 4.55. The molecule has 15 heavy (non-hydrogen) atoms. The van der Waals surface area contributed by atoms with Gasteiger partial charge in [0.05, 0.1) is 0 Å². The molecule has 6 nitrogen and oxygen atoms in total. The highest BCUT2D eigenvalue weighted by molar-refractivity contribution is 5.74. The van der Waals surface area contributed by atoms with Gasteiger partial charge in [-0.15, -0.1) is 6.58 Å². The van der Waals surface area contributed by atoms with Gasteiger partial charge in [0.2, 0.25) is 0 Å². The van der Waals surface area contributed by atoms with Crippen LogP contribution in [0.2, 0.25) is 0 Å². The Morgan fingerprint density at radius 3 is 2.60 bits per heavy atom. The molecule has 0 saturated heterocycles. The van der Waals surface area contributed by atoms with Crippen molar-refractivity contribution in [3.63, 3.8) is 0 Å². The number of nitrogens with one attached hydrogen (secondary N) is 2. The normalized spacial score (nSPS) is 13.7. The van der Waals surface area contributed by atoms with Crippen molar-refractivity contribution in [1.82, 2.24) is 10.6 Å². The molecule has 2 amide bonds. The Morgan fingerprint density at radius 1 is 1.53 bits per heavy atom. The summed E-state index contributed by atoms with van der Waals surface area (Å²) in [4.78, 5) is 21.3. The van der Waals surface area contributed by atoms with Gasteiger partial charge in [0.1, 0.15) is 0 Å². The number of aliphatic hydroxyl groups excluding tert-OH is 1. The maximum atomic E-state index is 11.1. The topological polar surface area (TPSA) is 98.7 Å². The minimum absolute atomic E-state index is 0.0226. The molecule has 0 aromatic carbocycles. The lowest BCUT2D eigenvalue weighted by Gasteiger charge is -2.11. The number of carboxylic acids is 1. The first-order valence-electron chi connectivity index (χ1n) is 4.55. The van der Waals surface area contributed by atoms with Gasteiger partial charge in [-0.05, 0) is 6.92 Å². The van der Waals surface area contributed by atoms with E-state index in [0.29, 0.717) is 0 Å².